The summed E-state index contributed by atoms with van der Waals surface area (Å²) in [5, 5.41) is 9.40. The van der Waals surface area contributed by atoms with Crippen LogP contribution in [0.5, 0.6) is 0 Å². The Morgan fingerprint density at radius 2 is 1.95 bits per heavy atom. The van der Waals surface area contributed by atoms with E-state index in [0.29, 0.717) is 23.6 Å². The fraction of sp³-hybridized carbons (Fsp3) is 0.438. The van der Waals surface area contributed by atoms with E-state index in [-0.39, 0.29) is 0 Å². The molecule has 2 aliphatic rings. The van der Waals surface area contributed by atoms with Gasteiger partial charge in [0.05, 0.1) is 0 Å². The van der Waals surface area contributed by atoms with E-state index in [2.05, 4.69) is 29.2 Å². The monoisotopic (exact) mass is 257 g/mol. The largest absolute Gasteiger partial charge is 0.477 e. The van der Waals surface area contributed by atoms with Crippen molar-refractivity contribution in [2.24, 2.45) is 5.92 Å². The second kappa shape index (κ2) is 4.41. The molecule has 0 amide bonds. The summed E-state index contributed by atoms with van der Waals surface area (Å²) >= 11 is 0. The normalized spacial score (nSPS) is 27.9. The minimum absolute atomic E-state index is 0.392. The van der Waals surface area contributed by atoms with Gasteiger partial charge in [0.2, 0.25) is 0 Å². The van der Waals surface area contributed by atoms with Crippen molar-refractivity contribution >= 4 is 5.97 Å². The first-order valence-electron chi connectivity index (χ1n) is 6.83. The highest BCUT2D eigenvalue weighted by Crippen LogP contribution is 2.58. The van der Waals surface area contributed by atoms with Gasteiger partial charge < -0.3 is 10.0 Å². The molecule has 100 valence electrons. The summed E-state index contributed by atoms with van der Waals surface area (Å²) in [6, 6.07) is 10.9. The van der Waals surface area contributed by atoms with Gasteiger partial charge >= 0.3 is 5.97 Å². The van der Waals surface area contributed by atoms with Crippen molar-refractivity contribution in [1.82, 2.24) is 4.90 Å². The lowest BCUT2D eigenvalue weighted by atomic mass is 10.1. The van der Waals surface area contributed by atoms with Crippen molar-refractivity contribution in [2.75, 3.05) is 6.54 Å². The third-order valence-corrected chi connectivity index (χ3v) is 4.34. The average Bonchev–Trinajstić information content (AvgIpc) is 2.95. The molecule has 2 fully saturated rings. The van der Waals surface area contributed by atoms with E-state index < -0.39 is 5.97 Å². The Kier molecular flexibility index (Phi) is 2.85. The fourth-order valence-corrected chi connectivity index (χ4v) is 3.57. The molecule has 1 saturated heterocycles. The van der Waals surface area contributed by atoms with Gasteiger partial charge in [-0.1, -0.05) is 30.3 Å². The average molecular weight is 257 g/mol. The number of carboxylic acids is 1. The number of rotatable bonds is 3. The number of carbonyl (C=O) groups is 1. The molecule has 3 atom stereocenters. The van der Waals surface area contributed by atoms with Crippen molar-refractivity contribution in [1.29, 1.82) is 0 Å². The summed E-state index contributed by atoms with van der Waals surface area (Å²) < 4.78 is 0. The third-order valence-electron chi connectivity index (χ3n) is 4.34. The van der Waals surface area contributed by atoms with Crippen molar-refractivity contribution in [3.05, 3.63) is 47.2 Å². The summed E-state index contributed by atoms with van der Waals surface area (Å²) in [5.74, 6) is 0.360. The molecule has 0 radical (unpaired) electrons. The first-order valence-corrected chi connectivity index (χ1v) is 6.83. The van der Waals surface area contributed by atoms with Crippen LogP contribution in [0.3, 0.4) is 0 Å². The number of piperidine rings is 1. The molecule has 1 aliphatic heterocycles. The van der Waals surface area contributed by atoms with Crippen LogP contribution in [0.4, 0.5) is 0 Å². The molecule has 3 heteroatoms. The van der Waals surface area contributed by atoms with Gasteiger partial charge in [0, 0.05) is 18.5 Å². The Balaban J connectivity index is 1.85. The van der Waals surface area contributed by atoms with Crippen molar-refractivity contribution in [2.45, 2.75) is 32.2 Å². The topological polar surface area (TPSA) is 40.5 Å². The maximum Gasteiger partial charge on any atom is 0.352 e. The van der Waals surface area contributed by atoms with Crippen molar-refractivity contribution in [3.8, 4) is 0 Å². The second-order valence-corrected chi connectivity index (χ2v) is 5.73. The predicted octanol–water partition coefficient (Wildman–Crippen LogP) is 2.85. The van der Waals surface area contributed by atoms with Crippen molar-refractivity contribution < 1.29 is 9.90 Å². The van der Waals surface area contributed by atoms with Crippen LogP contribution in [0, 0.1) is 5.92 Å². The van der Waals surface area contributed by atoms with Gasteiger partial charge in [-0.05, 0) is 37.3 Å². The Bertz CT molecular complexity index is 531. The summed E-state index contributed by atoms with van der Waals surface area (Å²) in [7, 11) is 0. The van der Waals surface area contributed by atoms with Gasteiger partial charge in [0.15, 0.2) is 0 Å². The number of fused-ring (bicyclic) bond motifs is 1. The molecule has 0 aromatic heterocycles. The van der Waals surface area contributed by atoms with Crippen molar-refractivity contribution in [3.63, 3.8) is 0 Å². The molecule has 19 heavy (non-hydrogen) atoms. The van der Waals surface area contributed by atoms with E-state index >= 15 is 0 Å². The second-order valence-electron chi connectivity index (χ2n) is 5.73. The molecule has 1 aromatic rings. The number of carboxylic acid groups (broad SMARTS) is 1. The van der Waals surface area contributed by atoms with Gasteiger partial charge in [-0.15, -0.1) is 0 Å². The fourth-order valence-electron chi connectivity index (χ4n) is 3.57. The highest BCUT2D eigenvalue weighted by molar-refractivity contribution is 5.87. The zero-order valence-corrected chi connectivity index (χ0v) is 11.3. The SMILES string of the molecule is CC(C)=C(C(=O)O)N1CC[C@@H]2[C@@H](c3ccccc3)[C@@H]21. The molecule has 3 nitrogen and oxygen atoms in total. The first-order chi connectivity index (χ1) is 9.11. The van der Waals surface area contributed by atoms with E-state index in [4.69, 9.17) is 0 Å². The van der Waals surface area contributed by atoms with E-state index in [1.54, 1.807) is 0 Å². The first kappa shape index (κ1) is 12.3. The van der Waals surface area contributed by atoms with E-state index in [0.717, 1.165) is 18.5 Å². The van der Waals surface area contributed by atoms with E-state index in [1.165, 1.54) is 5.56 Å². The lowest BCUT2D eigenvalue weighted by molar-refractivity contribution is -0.134. The maximum atomic E-state index is 11.4. The lowest BCUT2D eigenvalue weighted by Crippen LogP contribution is -2.29. The zero-order chi connectivity index (χ0) is 13.6. The van der Waals surface area contributed by atoms with Gasteiger partial charge in [0.1, 0.15) is 5.70 Å². The molecule has 1 aromatic carbocycles. The highest BCUT2D eigenvalue weighted by Gasteiger charge is 2.58. The summed E-state index contributed by atoms with van der Waals surface area (Å²) in [6.07, 6.45) is 1.11. The van der Waals surface area contributed by atoms with E-state index in [9.17, 15) is 9.90 Å². The van der Waals surface area contributed by atoms with Gasteiger partial charge in [0.25, 0.3) is 0 Å². The standard InChI is InChI=1S/C16H19NO2/c1-10(2)14(16(18)19)17-9-8-12-13(15(12)17)11-6-4-3-5-7-11/h3-7,12-13,15H,8-9H2,1-2H3,(H,18,19)/t12-,13-,15-/m1/s1. The summed E-state index contributed by atoms with van der Waals surface area (Å²) in [5.41, 5.74) is 2.75. The Morgan fingerprint density at radius 3 is 2.53 bits per heavy atom. The van der Waals surface area contributed by atoms with E-state index in [1.807, 2.05) is 19.9 Å². The molecule has 0 spiro atoms. The minimum Gasteiger partial charge on any atom is -0.477 e. The number of hydrogen-bond donors (Lipinski definition) is 1. The number of allylic oxidation sites excluding steroid dienone is 1. The maximum absolute atomic E-state index is 11.4. The molecule has 1 aliphatic carbocycles. The number of nitrogens with zero attached hydrogens (tertiary/aromatic N) is 1. The van der Waals surface area contributed by atoms with Crippen LogP contribution in [-0.2, 0) is 4.79 Å². The predicted molar refractivity (Wildman–Crippen MR) is 73.8 cm³/mol. The molecule has 1 heterocycles. The third kappa shape index (κ3) is 1.93. The lowest BCUT2D eigenvalue weighted by Gasteiger charge is -2.24. The molecular weight excluding hydrogens is 238 g/mol. The van der Waals surface area contributed by atoms with Gasteiger partial charge in [-0.2, -0.15) is 0 Å². The number of likely N-dealkylation sites (tertiary alicyclic amines) is 1. The molecule has 0 bridgehead atoms. The molecule has 1 saturated carbocycles. The van der Waals surface area contributed by atoms with Crippen LogP contribution < -0.4 is 0 Å². The molecule has 1 N–H and O–H groups in total. The van der Waals surface area contributed by atoms with Crippen LogP contribution in [0.15, 0.2) is 41.6 Å². The number of hydrogen-bond acceptors (Lipinski definition) is 2. The Morgan fingerprint density at radius 1 is 1.26 bits per heavy atom. The van der Waals surface area contributed by atoms with Crippen LogP contribution in [0.1, 0.15) is 31.7 Å². The number of benzene rings is 1. The van der Waals surface area contributed by atoms with Crippen LogP contribution in [0.2, 0.25) is 0 Å². The Labute approximate surface area is 113 Å². The van der Waals surface area contributed by atoms with Gasteiger partial charge in [-0.3, -0.25) is 0 Å². The molecule has 0 unspecified atom stereocenters. The quantitative estimate of drug-likeness (QED) is 0.846. The van der Waals surface area contributed by atoms with Crippen LogP contribution >= 0.6 is 0 Å². The zero-order valence-electron chi connectivity index (χ0n) is 11.3. The molecule has 3 rings (SSSR count). The summed E-state index contributed by atoms with van der Waals surface area (Å²) in [6.45, 7) is 4.65. The Hall–Kier alpha value is -1.77. The van der Waals surface area contributed by atoms with Crippen LogP contribution in [0.25, 0.3) is 0 Å². The summed E-state index contributed by atoms with van der Waals surface area (Å²) in [4.78, 5) is 13.5. The van der Waals surface area contributed by atoms with Crippen LogP contribution in [-0.4, -0.2) is 28.6 Å². The molecular formula is C16H19NO2. The smallest absolute Gasteiger partial charge is 0.352 e. The minimum atomic E-state index is -0.792. The highest BCUT2D eigenvalue weighted by atomic mass is 16.4. The van der Waals surface area contributed by atoms with Gasteiger partial charge in [-0.25, -0.2) is 4.79 Å². The number of aliphatic carboxylic acids is 1.